The number of hydrogen-bond acceptors (Lipinski definition) is 3. The van der Waals surface area contributed by atoms with Gasteiger partial charge in [0, 0.05) is 12.6 Å². The second-order valence-electron chi connectivity index (χ2n) is 6.87. The smallest absolute Gasteiger partial charge is 0.0814 e. The normalized spacial score (nSPS) is 39.6. The average molecular weight is 267 g/mol. The van der Waals surface area contributed by atoms with Gasteiger partial charge in [-0.15, -0.1) is 0 Å². The molecule has 1 aliphatic heterocycles. The van der Waals surface area contributed by atoms with Crippen LogP contribution in [0.25, 0.3) is 0 Å². The predicted octanol–water partition coefficient (Wildman–Crippen LogP) is 2.88. The second kappa shape index (κ2) is 6.55. The summed E-state index contributed by atoms with van der Waals surface area (Å²) in [6.45, 7) is 4.21. The quantitative estimate of drug-likeness (QED) is 0.802. The van der Waals surface area contributed by atoms with E-state index in [2.05, 4.69) is 12.2 Å². The van der Waals surface area contributed by atoms with Crippen LogP contribution in [0.15, 0.2) is 0 Å². The Morgan fingerprint density at radius 2 is 1.89 bits per heavy atom. The van der Waals surface area contributed by atoms with Crippen LogP contribution in [0.2, 0.25) is 0 Å². The number of ether oxygens (including phenoxy) is 2. The molecule has 0 radical (unpaired) electrons. The largest absolute Gasteiger partial charge is 0.376 e. The lowest BCUT2D eigenvalue weighted by molar-refractivity contribution is -0.0548. The SMILES string of the molecule is CC1CCCC(OCC2CCC(CNC3CC3)O2)C1. The van der Waals surface area contributed by atoms with E-state index in [1.807, 2.05) is 0 Å². The van der Waals surface area contributed by atoms with Gasteiger partial charge >= 0.3 is 0 Å². The van der Waals surface area contributed by atoms with Crippen molar-refractivity contribution in [2.75, 3.05) is 13.2 Å². The van der Waals surface area contributed by atoms with Gasteiger partial charge in [0.2, 0.25) is 0 Å². The summed E-state index contributed by atoms with van der Waals surface area (Å²) in [6.07, 6.45) is 11.6. The highest BCUT2D eigenvalue weighted by molar-refractivity contribution is 4.84. The van der Waals surface area contributed by atoms with Crippen LogP contribution in [0.4, 0.5) is 0 Å². The van der Waals surface area contributed by atoms with Gasteiger partial charge in [-0.1, -0.05) is 19.8 Å². The van der Waals surface area contributed by atoms with Crippen LogP contribution in [0.3, 0.4) is 0 Å². The van der Waals surface area contributed by atoms with Gasteiger partial charge in [-0.05, 0) is 44.4 Å². The molecule has 0 aromatic carbocycles. The maximum Gasteiger partial charge on any atom is 0.0814 e. The summed E-state index contributed by atoms with van der Waals surface area (Å²) in [6, 6.07) is 0.794. The fraction of sp³-hybridized carbons (Fsp3) is 1.00. The van der Waals surface area contributed by atoms with E-state index in [1.54, 1.807) is 0 Å². The molecule has 0 aromatic rings. The number of hydrogen-bond donors (Lipinski definition) is 1. The molecule has 3 aliphatic rings. The third-order valence-electron chi connectivity index (χ3n) is 4.81. The zero-order valence-electron chi connectivity index (χ0n) is 12.3. The monoisotopic (exact) mass is 267 g/mol. The van der Waals surface area contributed by atoms with Gasteiger partial charge in [-0.25, -0.2) is 0 Å². The maximum absolute atomic E-state index is 6.08. The summed E-state index contributed by atoms with van der Waals surface area (Å²) >= 11 is 0. The summed E-state index contributed by atoms with van der Waals surface area (Å²) in [7, 11) is 0. The van der Waals surface area contributed by atoms with E-state index >= 15 is 0 Å². The molecule has 0 spiro atoms. The molecule has 2 aliphatic carbocycles. The van der Waals surface area contributed by atoms with Crippen molar-refractivity contribution in [3.63, 3.8) is 0 Å². The molecular weight excluding hydrogens is 238 g/mol. The first kappa shape index (κ1) is 13.8. The molecule has 0 aromatic heterocycles. The van der Waals surface area contributed by atoms with Gasteiger partial charge in [0.05, 0.1) is 24.9 Å². The van der Waals surface area contributed by atoms with E-state index in [1.165, 1.54) is 51.4 Å². The van der Waals surface area contributed by atoms with Crippen molar-refractivity contribution in [2.24, 2.45) is 5.92 Å². The molecular formula is C16H29NO2. The molecule has 110 valence electrons. The summed E-state index contributed by atoms with van der Waals surface area (Å²) in [5, 5.41) is 3.56. The molecule has 1 N–H and O–H groups in total. The molecule has 0 amide bonds. The minimum Gasteiger partial charge on any atom is -0.376 e. The maximum atomic E-state index is 6.08. The highest BCUT2D eigenvalue weighted by Crippen LogP contribution is 2.27. The topological polar surface area (TPSA) is 30.5 Å². The van der Waals surface area contributed by atoms with Crippen LogP contribution in [-0.4, -0.2) is 37.5 Å². The first-order valence-electron chi connectivity index (χ1n) is 8.30. The number of nitrogens with one attached hydrogen (secondary N) is 1. The third-order valence-corrected chi connectivity index (χ3v) is 4.81. The molecule has 4 atom stereocenters. The summed E-state index contributed by atoms with van der Waals surface area (Å²) in [4.78, 5) is 0. The second-order valence-corrected chi connectivity index (χ2v) is 6.87. The zero-order chi connectivity index (χ0) is 13.1. The molecule has 0 bridgehead atoms. The minimum absolute atomic E-state index is 0.350. The molecule has 3 nitrogen and oxygen atoms in total. The van der Waals surface area contributed by atoms with Gasteiger partial charge < -0.3 is 14.8 Å². The van der Waals surface area contributed by atoms with Crippen LogP contribution in [0, 0.1) is 5.92 Å². The highest BCUT2D eigenvalue weighted by atomic mass is 16.5. The molecule has 3 heteroatoms. The minimum atomic E-state index is 0.350. The molecule has 1 heterocycles. The van der Waals surface area contributed by atoms with Crippen LogP contribution in [0.1, 0.15) is 58.3 Å². The van der Waals surface area contributed by atoms with Crippen LogP contribution in [-0.2, 0) is 9.47 Å². The Labute approximate surface area is 117 Å². The summed E-state index contributed by atoms with van der Waals surface area (Å²) in [5.74, 6) is 0.846. The van der Waals surface area contributed by atoms with E-state index in [0.717, 1.165) is 25.1 Å². The Balaban J connectivity index is 1.30. The van der Waals surface area contributed by atoms with E-state index in [-0.39, 0.29) is 0 Å². The standard InChI is InChI=1S/C16H29NO2/c1-12-3-2-4-14(9-12)18-11-16-8-7-15(19-16)10-17-13-5-6-13/h12-17H,2-11H2,1H3. The van der Waals surface area contributed by atoms with Crippen molar-refractivity contribution >= 4 is 0 Å². The van der Waals surface area contributed by atoms with Crippen LogP contribution in [0.5, 0.6) is 0 Å². The van der Waals surface area contributed by atoms with Gasteiger partial charge in [0.1, 0.15) is 0 Å². The van der Waals surface area contributed by atoms with E-state index < -0.39 is 0 Å². The Bertz CT molecular complexity index is 280. The lowest BCUT2D eigenvalue weighted by atomic mass is 9.89. The van der Waals surface area contributed by atoms with Gasteiger partial charge in [-0.2, -0.15) is 0 Å². The summed E-state index contributed by atoms with van der Waals surface area (Å²) in [5.41, 5.74) is 0. The van der Waals surface area contributed by atoms with Gasteiger partial charge in [-0.3, -0.25) is 0 Å². The van der Waals surface area contributed by atoms with Gasteiger partial charge in [0.15, 0.2) is 0 Å². The molecule has 19 heavy (non-hydrogen) atoms. The fourth-order valence-corrected chi connectivity index (χ4v) is 3.41. The van der Waals surface area contributed by atoms with Crippen molar-refractivity contribution in [1.29, 1.82) is 0 Å². The number of rotatable bonds is 6. The lowest BCUT2D eigenvalue weighted by Crippen LogP contribution is -2.30. The highest BCUT2D eigenvalue weighted by Gasteiger charge is 2.29. The Morgan fingerprint density at radius 3 is 2.68 bits per heavy atom. The molecule has 2 saturated carbocycles. The Hall–Kier alpha value is -0.120. The summed E-state index contributed by atoms with van der Waals surface area (Å²) < 4.78 is 12.1. The van der Waals surface area contributed by atoms with Crippen molar-refractivity contribution in [1.82, 2.24) is 5.32 Å². The first-order valence-corrected chi connectivity index (χ1v) is 8.30. The Morgan fingerprint density at radius 1 is 1.05 bits per heavy atom. The van der Waals surface area contributed by atoms with E-state index in [0.29, 0.717) is 18.3 Å². The molecule has 1 saturated heterocycles. The zero-order valence-corrected chi connectivity index (χ0v) is 12.3. The Kier molecular flexibility index (Phi) is 4.78. The predicted molar refractivity (Wildman–Crippen MR) is 76.3 cm³/mol. The molecule has 3 fully saturated rings. The molecule has 4 unspecified atom stereocenters. The van der Waals surface area contributed by atoms with Crippen LogP contribution >= 0.6 is 0 Å². The lowest BCUT2D eigenvalue weighted by Gasteiger charge is -2.27. The molecule has 3 rings (SSSR count). The van der Waals surface area contributed by atoms with E-state index in [4.69, 9.17) is 9.47 Å². The average Bonchev–Trinajstić information content (AvgIpc) is 3.13. The van der Waals surface area contributed by atoms with Crippen LogP contribution < -0.4 is 5.32 Å². The van der Waals surface area contributed by atoms with Crippen molar-refractivity contribution in [2.45, 2.75) is 82.6 Å². The first-order chi connectivity index (χ1) is 9.29. The van der Waals surface area contributed by atoms with Gasteiger partial charge in [0.25, 0.3) is 0 Å². The van der Waals surface area contributed by atoms with Crippen molar-refractivity contribution in [3.8, 4) is 0 Å². The van der Waals surface area contributed by atoms with Crippen molar-refractivity contribution < 1.29 is 9.47 Å². The fourth-order valence-electron chi connectivity index (χ4n) is 3.41. The van der Waals surface area contributed by atoms with E-state index in [9.17, 15) is 0 Å². The third kappa shape index (κ3) is 4.44. The van der Waals surface area contributed by atoms with Crippen molar-refractivity contribution in [3.05, 3.63) is 0 Å².